The molecule has 1 atom stereocenters. The molecule has 2 N–H and O–H groups in total. The van der Waals surface area contributed by atoms with Crippen molar-refractivity contribution in [3.63, 3.8) is 0 Å². The number of primary sulfonamides is 1. The van der Waals surface area contributed by atoms with E-state index in [0.717, 1.165) is 11.1 Å². The Balaban J connectivity index is 1.81. The van der Waals surface area contributed by atoms with Crippen LogP contribution in [0.5, 0.6) is 11.5 Å². The van der Waals surface area contributed by atoms with Gasteiger partial charge in [-0.2, -0.15) is 8.78 Å². The number of benzene rings is 3. The largest absolute Gasteiger partial charge is 0.480 e. The monoisotopic (exact) mass is 503 g/mol. The molecule has 4 rings (SSSR count). The Morgan fingerprint density at radius 3 is 2.57 bits per heavy atom. The fourth-order valence-corrected chi connectivity index (χ4v) is 4.79. The van der Waals surface area contributed by atoms with E-state index in [-0.39, 0.29) is 18.1 Å². The van der Waals surface area contributed by atoms with E-state index < -0.39 is 28.5 Å². The summed E-state index contributed by atoms with van der Waals surface area (Å²) in [4.78, 5) is 11.6. The predicted octanol–water partition coefficient (Wildman–Crippen LogP) is 4.33. The van der Waals surface area contributed by atoms with Crippen molar-refractivity contribution in [3.05, 3.63) is 82.9 Å². The highest BCUT2D eigenvalue weighted by Crippen LogP contribution is 2.49. The topological polar surface area (TPSA) is 105 Å². The second kappa shape index (κ2) is 10.0. The van der Waals surface area contributed by atoms with Crippen molar-refractivity contribution in [1.29, 1.82) is 0 Å². The number of carbonyl (C=O) groups excluding carboxylic acids is 1. The zero-order chi connectivity index (χ0) is 25.2. The van der Waals surface area contributed by atoms with Crippen LogP contribution in [0.4, 0.5) is 8.78 Å². The Kier molecular flexibility index (Phi) is 7.04. The van der Waals surface area contributed by atoms with Crippen molar-refractivity contribution in [3.8, 4) is 22.6 Å². The lowest BCUT2D eigenvalue weighted by molar-refractivity contribution is -0.140. The maximum atomic E-state index is 13.1. The molecule has 0 aromatic heterocycles. The number of hydrogen-bond donors (Lipinski definition) is 1. The van der Waals surface area contributed by atoms with Crippen LogP contribution in [0.25, 0.3) is 11.1 Å². The van der Waals surface area contributed by atoms with Crippen LogP contribution >= 0.6 is 0 Å². The number of rotatable bonds is 8. The van der Waals surface area contributed by atoms with E-state index in [4.69, 9.17) is 19.3 Å². The standard InChI is InChI=1S/C25H23F2NO6S/c1-32-22(29)11-9-15-4-2-5-17(12-15)24-19-13-16(14-35(28,30)31)8-10-18(19)23-20(33-24)6-3-7-21(23)34-25(26)27/h2-8,10,12-13,24-25H,9,11,14H2,1H3,(H2,28,30,31). The lowest BCUT2D eigenvalue weighted by Crippen LogP contribution is -2.18. The first-order valence-corrected chi connectivity index (χ1v) is 12.4. The number of fused-ring (bicyclic) bond motifs is 3. The summed E-state index contributed by atoms with van der Waals surface area (Å²) in [7, 11) is -2.48. The van der Waals surface area contributed by atoms with Crippen LogP contribution in [-0.2, 0) is 31.7 Å². The van der Waals surface area contributed by atoms with Gasteiger partial charge in [0, 0.05) is 12.0 Å². The highest BCUT2D eigenvalue weighted by Gasteiger charge is 2.31. The average molecular weight is 504 g/mol. The summed E-state index contributed by atoms with van der Waals surface area (Å²) >= 11 is 0. The summed E-state index contributed by atoms with van der Waals surface area (Å²) in [5.74, 6) is -0.431. The van der Waals surface area contributed by atoms with Crippen LogP contribution < -0.4 is 14.6 Å². The molecule has 35 heavy (non-hydrogen) atoms. The summed E-state index contributed by atoms with van der Waals surface area (Å²) in [6.45, 7) is -3.03. The van der Waals surface area contributed by atoms with Gasteiger partial charge >= 0.3 is 12.6 Å². The molecular weight excluding hydrogens is 480 g/mol. The summed E-state index contributed by atoms with van der Waals surface area (Å²) in [5.41, 5.74) is 3.55. The number of sulfonamides is 1. The molecule has 0 spiro atoms. The number of aryl methyl sites for hydroxylation is 1. The van der Waals surface area contributed by atoms with Crippen molar-refractivity contribution in [2.24, 2.45) is 5.14 Å². The van der Waals surface area contributed by atoms with Gasteiger partial charge in [0.2, 0.25) is 10.0 Å². The zero-order valence-electron chi connectivity index (χ0n) is 18.7. The molecule has 1 aliphatic heterocycles. The number of esters is 1. The number of halogens is 2. The quantitative estimate of drug-likeness (QED) is 0.459. The van der Waals surface area contributed by atoms with Crippen LogP contribution in [0.2, 0.25) is 0 Å². The van der Waals surface area contributed by atoms with Crippen molar-refractivity contribution in [2.45, 2.75) is 31.3 Å². The summed E-state index contributed by atoms with van der Waals surface area (Å²) in [5, 5.41) is 5.23. The average Bonchev–Trinajstić information content (AvgIpc) is 2.80. The second-order valence-corrected chi connectivity index (χ2v) is 9.67. The van der Waals surface area contributed by atoms with E-state index in [1.54, 1.807) is 30.3 Å². The normalized spacial score (nSPS) is 14.6. The molecule has 7 nitrogen and oxygen atoms in total. The Labute approximate surface area is 201 Å². The van der Waals surface area contributed by atoms with Crippen molar-refractivity contribution < 1.29 is 36.2 Å². The van der Waals surface area contributed by atoms with Crippen LogP contribution in [0, 0.1) is 0 Å². The van der Waals surface area contributed by atoms with Gasteiger partial charge in [-0.3, -0.25) is 4.79 Å². The highest BCUT2D eigenvalue weighted by molar-refractivity contribution is 7.88. The number of alkyl halides is 2. The first-order valence-electron chi connectivity index (χ1n) is 10.7. The van der Waals surface area contributed by atoms with Crippen LogP contribution in [-0.4, -0.2) is 28.1 Å². The van der Waals surface area contributed by atoms with Crippen molar-refractivity contribution in [1.82, 2.24) is 0 Å². The van der Waals surface area contributed by atoms with Gasteiger partial charge in [-0.05, 0) is 40.8 Å². The molecule has 1 unspecified atom stereocenters. The minimum absolute atomic E-state index is 0.0526. The third-order valence-corrected chi connectivity index (χ3v) is 6.32. The van der Waals surface area contributed by atoms with Crippen molar-refractivity contribution >= 4 is 16.0 Å². The molecule has 184 valence electrons. The molecular formula is C25H23F2NO6S. The van der Waals surface area contributed by atoms with E-state index >= 15 is 0 Å². The Morgan fingerprint density at radius 1 is 1.09 bits per heavy atom. The fourth-order valence-electron chi connectivity index (χ4n) is 4.15. The van der Waals surface area contributed by atoms with E-state index in [1.165, 1.54) is 13.2 Å². The number of ether oxygens (including phenoxy) is 3. The molecule has 0 amide bonds. The molecule has 10 heteroatoms. The first kappa shape index (κ1) is 24.6. The number of hydrogen-bond acceptors (Lipinski definition) is 6. The lowest BCUT2D eigenvalue weighted by Gasteiger charge is -2.31. The molecule has 0 fully saturated rings. The number of nitrogens with two attached hydrogens (primary N) is 1. The van der Waals surface area contributed by atoms with Gasteiger partial charge in [-0.1, -0.05) is 48.5 Å². The molecule has 1 aliphatic rings. The Morgan fingerprint density at radius 2 is 1.86 bits per heavy atom. The maximum Gasteiger partial charge on any atom is 0.387 e. The summed E-state index contributed by atoms with van der Waals surface area (Å²) in [6.07, 6.45) is -0.00973. The van der Waals surface area contributed by atoms with E-state index in [2.05, 4.69) is 0 Å². The predicted molar refractivity (Wildman–Crippen MR) is 125 cm³/mol. The summed E-state index contributed by atoms with van der Waals surface area (Å²) in [6, 6.07) is 16.9. The minimum Gasteiger partial charge on any atom is -0.480 e. The number of methoxy groups -OCH3 is 1. The molecule has 3 aromatic carbocycles. The van der Waals surface area contributed by atoms with Gasteiger partial charge < -0.3 is 14.2 Å². The molecule has 1 heterocycles. The van der Waals surface area contributed by atoms with Gasteiger partial charge in [-0.25, -0.2) is 13.6 Å². The van der Waals surface area contributed by atoms with E-state index in [0.29, 0.717) is 34.4 Å². The summed E-state index contributed by atoms with van der Waals surface area (Å²) < 4.78 is 65.2. The molecule has 0 saturated heterocycles. The van der Waals surface area contributed by atoms with Gasteiger partial charge in [0.05, 0.1) is 18.4 Å². The smallest absolute Gasteiger partial charge is 0.387 e. The first-order chi connectivity index (χ1) is 16.6. The molecule has 0 aliphatic carbocycles. The third-order valence-electron chi connectivity index (χ3n) is 5.58. The Hall–Kier alpha value is -3.50. The van der Waals surface area contributed by atoms with Gasteiger partial charge in [-0.15, -0.1) is 0 Å². The van der Waals surface area contributed by atoms with Gasteiger partial charge in [0.1, 0.15) is 17.6 Å². The number of carbonyl (C=O) groups is 1. The molecule has 0 saturated carbocycles. The van der Waals surface area contributed by atoms with E-state index in [1.807, 2.05) is 24.3 Å². The molecule has 0 bridgehead atoms. The van der Waals surface area contributed by atoms with Gasteiger partial charge in [0.25, 0.3) is 0 Å². The van der Waals surface area contributed by atoms with E-state index in [9.17, 15) is 22.0 Å². The minimum atomic E-state index is -3.80. The lowest BCUT2D eigenvalue weighted by atomic mass is 9.87. The Bertz CT molecular complexity index is 1360. The molecule has 0 radical (unpaired) electrons. The second-order valence-electron chi connectivity index (χ2n) is 8.06. The highest BCUT2D eigenvalue weighted by atomic mass is 32.2. The third kappa shape index (κ3) is 5.77. The van der Waals surface area contributed by atoms with Gasteiger partial charge in [0.15, 0.2) is 0 Å². The van der Waals surface area contributed by atoms with Crippen molar-refractivity contribution in [2.75, 3.05) is 7.11 Å². The SMILES string of the molecule is COC(=O)CCc1cccc(C2Oc3cccc(OC(F)F)c3-c3ccc(CS(N)(=O)=O)cc32)c1. The van der Waals surface area contributed by atoms with Crippen LogP contribution in [0.15, 0.2) is 60.7 Å². The van der Waals surface area contributed by atoms with Crippen LogP contribution in [0.3, 0.4) is 0 Å². The zero-order valence-corrected chi connectivity index (χ0v) is 19.6. The maximum absolute atomic E-state index is 13.1. The fraction of sp³-hybridized carbons (Fsp3) is 0.240. The van der Waals surface area contributed by atoms with Crippen LogP contribution in [0.1, 0.15) is 34.8 Å². The molecule has 3 aromatic rings.